The molecule has 1 aliphatic rings. The van der Waals surface area contributed by atoms with E-state index < -0.39 is 10.0 Å². The van der Waals surface area contributed by atoms with Crippen LogP contribution < -0.4 is 14.2 Å². The summed E-state index contributed by atoms with van der Waals surface area (Å²) in [4.78, 5) is 0.0756. The second kappa shape index (κ2) is 5.98. The van der Waals surface area contributed by atoms with E-state index in [9.17, 15) is 8.42 Å². The molecule has 1 aliphatic heterocycles. The van der Waals surface area contributed by atoms with Crippen LogP contribution in [0.4, 0.5) is 5.69 Å². The predicted molar refractivity (Wildman–Crippen MR) is 87.4 cm³/mol. The molecule has 0 spiro atoms. The number of hydrogen-bond acceptors (Lipinski definition) is 4. The summed E-state index contributed by atoms with van der Waals surface area (Å²) in [5.74, 6) is 0.925. The Labute approximate surface area is 141 Å². The molecular weight excluding hydrogens is 394 g/mol. The maximum atomic E-state index is 12.5. The van der Waals surface area contributed by atoms with Gasteiger partial charge in [-0.1, -0.05) is 11.6 Å². The molecule has 5 nitrogen and oxygen atoms in total. The first-order valence-electron chi connectivity index (χ1n) is 6.33. The number of ether oxygens (including phenoxy) is 2. The zero-order chi connectivity index (χ0) is 15.7. The minimum Gasteiger partial charge on any atom is -0.486 e. The average Bonchev–Trinajstić information content (AvgIpc) is 2.48. The summed E-state index contributed by atoms with van der Waals surface area (Å²) in [5, 5.41) is 0.531. The highest BCUT2D eigenvalue weighted by atomic mass is 79.9. The lowest BCUT2D eigenvalue weighted by Gasteiger charge is -2.20. The Morgan fingerprint density at radius 3 is 2.27 bits per heavy atom. The normalized spacial score (nSPS) is 13.7. The summed E-state index contributed by atoms with van der Waals surface area (Å²) in [7, 11) is -3.77. The van der Waals surface area contributed by atoms with Gasteiger partial charge in [0.05, 0.1) is 0 Å². The number of hydrogen-bond donors (Lipinski definition) is 1. The minimum atomic E-state index is -3.77. The lowest BCUT2D eigenvalue weighted by Crippen LogP contribution is -2.18. The van der Waals surface area contributed by atoms with E-state index in [1.54, 1.807) is 30.3 Å². The lowest BCUT2D eigenvalue weighted by molar-refractivity contribution is 0.171. The fourth-order valence-corrected chi connectivity index (χ4v) is 4.20. The summed E-state index contributed by atoms with van der Waals surface area (Å²) >= 11 is 9.05. The quantitative estimate of drug-likeness (QED) is 0.847. The Kier molecular flexibility index (Phi) is 4.20. The van der Waals surface area contributed by atoms with Crippen molar-refractivity contribution >= 4 is 43.2 Å². The van der Waals surface area contributed by atoms with Crippen LogP contribution in [0.15, 0.2) is 45.8 Å². The van der Waals surface area contributed by atoms with E-state index in [2.05, 4.69) is 20.7 Å². The third kappa shape index (κ3) is 3.16. The fraction of sp³-hybridized carbons (Fsp3) is 0.143. The largest absolute Gasteiger partial charge is 0.486 e. The maximum absolute atomic E-state index is 12.5. The van der Waals surface area contributed by atoms with Crippen molar-refractivity contribution < 1.29 is 17.9 Å². The molecule has 116 valence electrons. The Hall–Kier alpha value is -1.44. The molecule has 0 aliphatic carbocycles. The van der Waals surface area contributed by atoms with Gasteiger partial charge in [-0.3, -0.25) is 4.72 Å². The molecule has 1 N–H and O–H groups in total. The van der Waals surface area contributed by atoms with Gasteiger partial charge in [-0.25, -0.2) is 8.42 Å². The summed E-state index contributed by atoms with van der Waals surface area (Å²) in [6.45, 7) is 0.827. The van der Waals surface area contributed by atoms with E-state index in [1.165, 1.54) is 6.07 Å². The first kappa shape index (κ1) is 15.5. The minimum absolute atomic E-state index is 0.0756. The van der Waals surface area contributed by atoms with Crippen molar-refractivity contribution in [1.29, 1.82) is 0 Å². The Balaban J connectivity index is 1.96. The van der Waals surface area contributed by atoms with Gasteiger partial charge in [0, 0.05) is 21.2 Å². The molecular formula is C14H11BrClNO4S. The van der Waals surface area contributed by atoms with E-state index in [0.29, 0.717) is 39.9 Å². The molecule has 8 heteroatoms. The molecule has 0 atom stereocenters. The van der Waals surface area contributed by atoms with Gasteiger partial charge >= 0.3 is 0 Å². The highest BCUT2D eigenvalue weighted by molar-refractivity contribution is 9.10. The van der Waals surface area contributed by atoms with E-state index in [-0.39, 0.29) is 4.90 Å². The van der Waals surface area contributed by atoms with E-state index >= 15 is 0 Å². The summed E-state index contributed by atoms with van der Waals surface area (Å²) in [6, 6.07) is 9.43. The van der Waals surface area contributed by atoms with Gasteiger partial charge in [0.2, 0.25) is 0 Å². The number of benzene rings is 2. The van der Waals surface area contributed by atoms with Crippen LogP contribution in [-0.4, -0.2) is 21.6 Å². The topological polar surface area (TPSA) is 64.6 Å². The Bertz CT molecular complexity index is 808. The van der Waals surface area contributed by atoms with Gasteiger partial charge < -0.3 is 9.47 Å². The van der Waals surface area contributed by atoms with Crippen molar-refractivity contribution in [3.8, 4) is 11.5 Å². The van der Waals surface area contributed by atoms with Crippen molar-refractivity contribution in [1.82, 2.24) is 0 Å². The van der Waals surface area contributed by atoms with Crippen LogP contribution in [0.5, 0.6) is 11.5 Å². The van der Waals surface area contributed by atoms with E-state index in [1.807, 2.05) is 0 Å². The van der Waals surface area contributed by atoms with Crippen LogP contribution in [-0.2, 0) is 10.0 Å². The van der Waals surface area contributed by atoms with Crippen LogP contribution in [0.1, 0.15) is 0 Å². The Morgan fingerprint density at radius 2 is 1.64 bits per heavy atom. The smallest absolute Gasteiger partial charge is 0.263 e. The van der Waals surface area contributed by atoms with Crippen LogP contribution >= 0.6 is 27.5 Å². The zero-order valence-electron chi connectivity index (χ0n) is 11.2. The van der Waals surface area contributed by atoms with E-state index in [4.69, 9.17) is 21.1 Å². The summed E-state index contributed by atoms with van der Waals surface area (Å²) in [6.07, 6.45) is 0. The van der Waals surface area contributed by atoms with Crippen molar-refractivity contribution in [2.75, 3.05) is 17.9 Å². The number of rotatable bonds is 3. The van der Waals surface area contributed by atoms with Crippen LogP contribution in [0.3, 0.4) is 0 Å². The van der Waals surface area contributed by atoms with E-state index in [0.717, 1.165) is 0 Å². The molecule has 0 radical (unpaired) electrons. The summed E-state index contributed by atoms with van der Waals surface area (Å²) in [5.41, 5.74) is 0.422. The Morgan fingerprint density at radius 1 is 1.05 bits per heavy atom. The molecule has 0 saturated carbocycles. The SMILES string of the molecule is O=S(=O)(Nc1ccc(Cl)cc1)c1cc2c(cc1Br)OCCO2. The molecule has 0 unspecified atom stereocenters. The van der Waals surface area contributed by atoms with Crippen LogP contribution in [0.2, 0.25) is 5.02 Å². The highest BCUT2D eigenvalue weighted by Crippen LogP contribution is 2.37. The van der Waals surface area contributed by atoms with Crippen molar-refractivity contribution in [3.63, 3.8) is 0 Å². The molecule has 0 fully saturated rings. The second-order valence-corrected chi connectivity index (χ2v) is 7.48. The predicted octanol–water partition coefficient (Wildman–Crippen LogP) is 3.67. The first-order valence-corrected chi connectivity index (χ1v) is 8.99. The number of nitrogens with one attached hydrogen (secondary N) is 1. The van der Waals surface area contributed by atoms with Crippen LogP contribution in [0, 0.1) is 0 Å². The standard InChI is InChI=1S/C14H11BrClNO4S/c15-11-7-12-13(21-6-5-20-12)8-14(11)22(18,19)17-10-3-1-9(16)2-4-10/h1-4,7-8,17H,5-6H2. The van der Waals surface area contributed by atoms with Gasteiger partial charge in [0.15, 0.2) is 11.5 Å². The van der Waals surface area contributed by atoms with Gasteiger partial charge in [0.25, 0.3) is 10.0 Å². The maximum Gasteiger partial charge on any atom is 0.263 e. The third-order valence-corrected chi connectivity index (χ3v) is 5.57. The first-order chi connectivity index (χ1) is 10.5. The lowest BCUT2D eigenvalue weighted by atomic mass is 10.3. The van der Waals surface area contributed by atoms with Gasteiger partial charge in [-0.15, -0.1) is 0 Å². The second-order valence-electron chi connectivity index (χ2n) is 4.54. The average molecular weight is 405 g/mol. The number of anilines is 1. The molecule has 0 aromatic heterocycles. The zero-order valence-corrected chi connectivity index (χ0v) is 14.3. The molecule has 0 amide bonds. The molecule has 0 bridgehead atoms. The number of halogens is 2. The van der Waals surface area contributed by atoms with Gasteiger partial charge in [-0.2, -0.15) is 0 Å². The van der Waals surface area contributed by atoms with Crippen molar-refractivity contribution in [2.24, 2.45) is 0 Å². The van der Waals surface area contributed by atoms with Gasteiger partial charge in [-0.05, 0) is 46.3 Å². The molecule has 2 aromatic rings. The highest BCUT2D eigenvalue weighted by Gasteiger charge is 2.23. The van der Waals surface area contributed by atoms with Crippen molar-refractivity contribution in [3.05, 3.63) is 45.9 Å². The molecule has 3 rings (SSSR count). The molecule has 2 aromatic carbocycles. The number of fused-ring (bicyclic) bond motifs is 1. The molecule has 0 saturated heterocycles. The van der Waals surface area contributed by atoms with Crippen molar-refractivity contribution in [2.45, 2.75) is 4.90 Å². The molecule has 22 heavy (non-hydrogen) atoms. The molecule has 1 heterocycles. The fourth-order valence-electron chi connectivity index (χ4n) is 1.98. The summed E-state index contributed by atoms with van der Waals surface area (Å²) < 4.78 is 38.8. The number of sulfonamides is 1. The third-order valence-electron chi connectivity index (χ3n) is 2.98. The van der Waals surface area contributed by atoms with Gasteiger partial charge in [0.1, 0.15) is 18.1 Å². The monoisotopic (exact) mass is 403 g/mol. The van der Waals surface area contributed by atoms with Crippen LogP contribution in [0.25, 0.3) is 0 Å².